The van der Waals surface area contributed by atoms with Gasteiger partial charge >= 0.3 is 0 Å². The molecule has 0 aromatic heterocycles. The molecule has 0 saturated carbocycles. The van der Waals surface area contributed by atoms with Crippen LogP contribution in [0.4, 0.5) is 0 Å². The van der Waals surface area contributed by atoms with Crippen molar-refractivity contribution in [1.29, 1.82) is 0 Å². The first-order valence-electron chi connectivity index (χ1n) is 14.2. The quantitative estimate of drug-likeness (QED) is 0.104. The second kappa shape index (κ2) is 14.5. The second-order valence-corrected chi connectivity index (χ2v) is 10.3. The van der Waals surface area contributed by atoms with Crippen LogP contribution in [0.15, 0.2) is 78.4 Å². The average Bonchev–Trinajstić information content (AvgIpc) is 3.24. The van der Waals surface area contributed by atoms with E-state index in [1.165, 1.54) is 4.90 Å². The van der Waals surface area contributed by atoms with Crippen LogP contribution < -0.4 is 9.47 Å². The maximum absolute atomic E-state index is 13.3. The lowest BCUT2D eigenvalue weighted by Gasteiger charge is -2.25. The van der Waals surface area contributed by atoms with Gasteiger partial charge < -0.3 is 24.2 Å². The van der Waals surface area contributed by atoms with Gasteiger partial charge in [0.15, 0.2) is 0 Å². The summed E-state index contributed by atoms with van der Waals surface area (Å²) in [6, 6.07) is 21.7. The molecule has 1 aliphatic heterocycles. The second-order valence-electron chi connectivity index (χ2n) is 10.3. The van der Waals surface area contributed by atoms with Crippen molar-refractivity contribution in [2.45, 2.75) is 52.2 Å². The zero-order chi connectivity index (χ0) is 29.2. The fourth-order valence-corrected chi connectivity index (χ4v) is 4.96. The number of nitrogens with zero attached hydrogens (tertiary/aromatic N) is 1. The van der Waals surface area contributed by atoms with Crippen molar-refractivity contribution >= 4 is 17.4 Å². The van der Waals surface area contributed by atoms with Crippen LogP contribution in [-0.4, -0.2) is 48.6 Å². The number of hydrogen-bond acceptors (Lipinski definition) is 6. The molecule has 1 amide bonds. The predicted molar refractivity (Wildman–Crippen MR) is 159 cm³/mol. The van der Waals surface area contributed by atoms with Crippen molar-refractivity contribution in [3.8, 4) is 11.5 Å². The first-order valence-corrected chi connectivity index (χ1v) is 14.2. The molecule has 1 unspecified atom stereocenters. The van der Waals surface area contributed by atoms with Gasteiger partial charge in [-0.25, -0.2) is 0 Å². The molecule has 7 nitrogen and oxygen atoms in total. The fraction of sp³-hybridized carbons (Fsp3) is 0.353. The van der Waals surface area contributed by atoms with Crippen LogP contribution >= 0.6 is 0 Å². The van der Waals surface area contributed by atoms with E-state index in [-0.39, 0.29) is 11.3 Å². The highest BCUT2D eigenvalue weighted by Crippen LogP contribution is 2.40. The maximum Gasteiger partial charge on any atom is 0.295 e. The summed E-state index contributed by atoms with van der Waals surface area (Å²) in [7, 11) is 1.60. The standard InChI is InChI=1S/C34H39NO6/c1-4-5-6-21-40-28-15-11-26(12-16-28)31-30(33(37)34(38)35(31)19-8-20-39-3)32(36)27-13-17-29(18-14-27)41-23-25-10-7-9-24(2)22-25/h7,9-18,22,31,36H,4-6,8,19-21,23H2,1-3H3/b32-30+. The molecule has 1 N–H and O–H groups in total. The molecule has 1 fully saturated rings. The minimum Gasteiger partial charge on any atom is -0.507 e. The highest BCUT2D eigenvalue weighted by molar-refractivity contribution is 6.46. The average molecular weight is 558 g/mol. The van der Waals surface area contributed by atoms with Crippen LogP contribution in [0.3, 0.4) is 0 Å². The Morgan fingerprint density at radius 1 is 0.878 bits per heavy atom. The van der Waals surface area contributed by atoms with Crippen LogP contribution in [0.1, 0.15) is 60.9 Å². The lowest BCUT2D eigenvalue weighted by atomic mass is 9.95. The molecule has 1 saturated heterocycles. The monoisotopic (exact) mass is 557 g/mol. The highest BCUT2D eigenvalue weighted by Gasteiger charge is 2.45. The van der Waals surface area contributed by atoms with Gasteiger partial charge in [0.05, 0.1) is 18.2 Å². The van der Waals surface area contributed by atoms with E-state index >= 15 is 0 Å². The molecule has 4 rings (SSSR count). The summed E-state index contributed by atoms with van der Waals surface area (Å²) < 4.78 is 16.9. The third kappa shape index (κ3) is 7.55. The summed E-state index contributed by atoms with van der Waals surface area (Å²) in [5.41, 5.74) is 3.44. The summed E-state index contributed by atoms with van der Waals surface area (Å²) >= 11 is 0. The lowest BCUT2D eigenvalue weighted by molar-refractivity contribution is -0.140. The Hall–Kier alpha value is -4.10. The number of ketones is 1. The molecule has 1 atom stereocenters. The van der Waals surface area contributed by atoms with Crippen molar-refractivity contribution in [1.82, 2.24) is 4.90 Å². The molecule has 0 aliphatic carbocycles. The van der Waals surface area contributed by atoms with Crippen molar-refractivity contribution in [2.24, 2.45) is 0 Å². The van der Waals surface area contributed by atoms with E-state index < -0.39 is 17.7 Å². The van der Waals surface area contributed by atoms with E-state index in [4.69, 9.17) is 14.2 Å². The number of carbonyl (C=O) groups is 2. The number of unbranched alkanes of at least 4 members (excludes halogenated alkanes) is 2. The van der Waals surface area contributed by atoms with Crippen LogP contribution in [0.25, 0.3) is 5.76 Å². The summed E-state index contributed by atoms with van der Waals surface area (Å²) in [6.45, 7) is 6.00. The van der Waals surface area contributed by atoms with E-state index in [2.05, 4.69) is 13.0 Å². The van der Waals surface area contributed by atoms with E-state index in [0.29, 0.717) is 44.1 Å². The normalized spacial score (nSPS) is 16.3. The molecule has 0 bridgehead atoms. The number of likely N-dealkylation sites (tertiary alicyclic amines) is 1. The highest BCUT2D eigenvalue weighted by atomic mass is 16.5. The number of carbonyl (C=O) groups excluding carboxylic acids is 2. The lowest BCUT2D eigenvalue weighted by Crippen LogP contribution is -2.31. The van der Waals surface area contributed by atoms with Gasteiger partial charge in [0, 0.05) is 25.8 Å². The first-order chi connectivity index (χ1) is 19.9. The number of Topliss-reactive ketones (excluding diaryl/α,β-unsaturated/α-hetero) is 1. The summed E-state index contributed by atoms with van der Waals surface area (Å²) in [4.78, 5) is 27.9. The van der Waals surface area contributed by atoms with E-state index in [9.17, 15) is 14.7 Å². The number of aliphatic hydroxyl groups is 1. The Morgan fingerprint density at radius 2 is 1.59 bits per heavy atom. The van der Waals surface area contributed by atoms with Crippen molar-refractivity contribution in [3.05, 3.63) is 101 Å². The topological polar surface area (TPSA) is 85.3 Å². The molecular weight excluding hydrogens is 518 g/mol. The third-order valence-corrected chi connectivity index (χ3v) is 7.12. The Bertz CT molecular complexity index is 1350. The number of aryl methyl sites for hydroxylation is 1. The summed E-state index contributed by atoms with van der Waals surface area (Å²) in [5, 5.41) is 11.4. The SMILES string of the molecule is CCCCCOc1ccc(C2/C(=C(\O)c3ccc(OCc4cccc(C)c4)cc3)C(=O)C(=O)N2CCCOC)cc1. The van der Waals surface area contributed by atoms with E-state index in [1.807, 2.05) is 49.4 Å². The zero-order valence-corrected chi connectivity index (χ0v) is 24.1. The number of ether oxygens (including phenoxy) is 3. The third-order valence-electron chi connectivity index (χ3n) is 7.12. The van der Waals surface area contributed by atoms with Crippen LogP contribution in [0.5, 0.6) is 11.5 Å². The van der Waals surface area contributed by atoms with Gasteiger partial charge in [-0.2, -0.15) is 0 Å². The van der Waals surface area contributed by atoms with Gasteiger partial charge in [-0.15, -0.1) is 0 Å². The van der Waals surface area contributed by atoms with Crippen LogP contribution in [0, 0.1) is 6.92 Å². The molecular formula is C34H39NO6. The van der Waals surface area contributed by atoms with Gasteiger partial charge in [-0.3, -0.25) is 9.59 Å². The number of amides is 1. The Kier molecular flexibility index (Phi) is 10.6. The smallest absolute Gasteiger partial charge is 0.295 e. The molecule has 1 aliphatic rings. The Balaban J connectivity index is 1.59. The molecule has 1 heterocycles. The van der Waals surface area contributed by atoms with Crippen LogP contribution in [-0.2, 0) is 20.9 Å². The van der Waals surface area contributed by atoms with Gasteiger partial charge in [0.25, 0.3) is 11.7 Å². The van der Waals surface area contributed by atoms with Crippen molar-refractivity contribution in [3.63, 3.8) is 0 Å². The van der Waals surface area contributed by atoms with Crippen molar-refractivity contribution in [2.75, 3.05) is 26.9 Å². The largest absolute Gasteiger partial charge is 0.507 e. The number of aliphatic hydroxyl groups excluding tert-OH is 1. The van der Waals surface area contributed by atoms with E-state index in [1.54, 1.807) is 31.4 Å². The first kappa shape index (κ1) is 29.9. The van der Waals surface area contributed by atoms with Crippen molar-refractivity contribution < 1.29 is 28.9 Å². The minimum atomic E-state index is -0.724. The fourth-order valence-electron chi connectivity index (χ4n) is 4.96. The van der Waals surface area contributed by atoms with Gasteiger partial charge in [-0.1, -0.05) is 61.7 Å². The summed E-state index contributed by atoms with van der Waals surface area (Å²) in [5.74, 6) is -0.195. The van der Waals surface area contributed by atoms with Crippen LogP contribution in [0.2, 0.25) is 0 Å². The van der Waals surface area contributed by atoms with Gasteiger partial charge in [0.2, 0.25) is 0 Å². The summed E-state index contributed by atoms with van der Waals surface area (Å²) in [6.07, 6.45) is 3.76. The maximum atomic E-state index is 13.3. The van der Waals surface area contributed by atoms with E-state index in [0.717, 1.165) is 41.7 Å². The molecule has 0 spiro atoms. The number of benzene rings is 3. The number of rotatable bonds is 14. The van der Waals surface area contributed by atoms with Gasteiger partial charge in [0.1, 0.15) is 23.9 Å². The number of methoxy groups -OCH3 is 1. The Labute approximate surface area is 242 Å². The molecule has 7 heteroatoms. The number of hydrogen-bond donors (Lipinski definition) is 1. The Morgan fingerprint density at radius 3 is 2.27 bits per heavy atom. The molecule has 3 aromatic carbocycles. The molecule has 3 aromatic rings. The molecule has 216 valence electrons. The minimum absolute atomic E-state index is 0.0671. The van der Waals surface area contributed by atoms with Gasteiger partial charge in [-0.05, 0) is 67.3 Å². The molecule has 0 radical (unpaired) electrons. The molecule has 41 heavy (non-hydrogen) atoms. The predicted octanol–water partition coefficient (Wildman–Crippen LogP) is 6.60. The zero-order valence-electron chi connectivity index (χ0n) is 24.1.